The summed E-state index contributed by atoms with van der Waals surface area (Å²) in [6.45, 7) is 0.0968. The summed E-state index contributed by atoms with van der Waals surface area (Å²) in [5.41, 5.74) is 1.84. The first kappa shape index (κ1) is 13.2. The Labute approximate surface area is 113 Å². The number of carbonyl (C=O) groups excluding carboxylic acids is 1. The van der Waals surface area contributed by atoms with E-state index < -0.39 is 0 Å². The average molecular weight is 286 g/mol. The van der Waals surface area contributed by atoms with Gasteiger partial charge in [0.1, 0.15) is 11.0 Å². The zero-order chi connectivity index (χ0) is 13.0. The zero-order valence-corrected chi connectivity index (χ0v) is 11.1. The van der Waals surface area contributed by atoms with Gasteiger partial charge in [-0.25, -0.2) is 0 Å². The van der Waals surface area contributed by atoms with Crippen molar-refractivity contribution in [2.45, 2.75) is 19.3 Å². The minimum atomic E-state index is -0.133. The number of amides is 1. The van der Waals surface area contributed by atoms with Crippen LogP contribution >= 0.6 is 23.3 Å². The van der Waals surface area contributed by atoms with Gasteiger partial charge in [-0.2, -0.15) is 8.75 Å². The van der Waals surface area contributed by atoms with Crippen molar-refractivity contribution in [2.24, 2.45) is 0 Å². The van der Waals surface area contributed by atoms with Gasteiger partial charge in [0.2, 0.25) is 5.91 Å². The summed E-state index contributed by atoms with van der Waals surface area (Å²) >= 11 is 7.13. The number of nitrogens with zero attached hydrogens (tertiary/aromatic N) is 2. The maximum atomic E-state index is 11.7. The Balaban J connectivity index is 2.13. The summed E-state index contributed by atoms with van der Waals surface area (Å²) in [5.74, 6) is -0.133. The van der Waals surface area contributed by atoms with Crippen molar-refractivity contribution in [3.8, 4) is 0 Å². The molecule has 5 nitrogen and oxygen atoms in total. The van der Waals surface area contributed by atoms with E-state index in [1.807, 2.05) is 0 Å². The maximum absolute atomic E-state index is 11.7. The van der Waals surface area contributed by atoms with Crippen LogP contribution in [0.25, 0.3) is 11.0 Å². The topological polar surface area (TPSA) is 75.1 Å². The van der Waals surface area contributed by atoms with Crippen LogP contribution in [0, 0.1) is 0 Å². The number of fused-ring (bicyclic) bond motifs is 1. The van der Waals surface area contributed by atoms with Gasteiger partial charge in [-0.1, -0.05) is 11.6 Å². The predicted molar refractivity (Wildman–Crippen MR) is 72.0 cm³/mol. The molecule has 0 bridgehead atoms. The first-order valence-electron chi connectivity index (χ1n) is 5.54. The number of benzene rings is 1. The van der Waals surface area contributed by atoms with Crippen LogP contribution in [0.15, 0.2) is 12.1 Å². The molecule has 0 radical (unpaired) electrons. The molecule has 0 aliphatic rings. The summed E-state index contributed by atoms with van der Waals surface area (Å²) < 4.78 is 8.21. The van der Waals surface area contributed by atoms with E-state index in [4.69, 9.17) is 16.7 Å². The molecular weight excluding hydrogens is 274 g/mol. The van der Waals surface area contributed by atoms with Gasteiger partial charge in [0.05, 0.1) is 22.4 Å². The van der Waals surface area contributed by atoms with Crippen molar-refractivity contribution >= 4 is 46.0 Å². The summed E-state index contributed by atoms with van der Waals surface area (Å²) in [5, 5.41) is 11.9. The molecule has 1 aromatic heterocycles. The summed E-state index contributed by atoms with van der Waals surface area (Å²) in [4.78, 5) is 11.7. The molecule has 0 aliphatic heterocycles. The van der Waals surface area contributed by atoms with Gasteiger partial charge in [-0.15, -0.1) is 0 Å². The van der Waals surface area contributed by atoms with E-state index in [1.54, 1.807) is 12.1 Å². The van der Waals surface area contributed by atoms with Crippen LogP contribution in [0.3, 0.4) is 0 Å². The molecular formula is C11H12ClN3O2S. The third-order valence-corrected chi connectivity index (χ3v) is 3.31. The van der Waals surface area contributed by atoms with Crippen LogP contribution in [0.4, 0.5) is 5.69 Å². The number of aromatic nitrogens is 2. The molecule has 2 aromatic rings. The Morgan fingerprint density at radius 3 is 3.00 bits per heavy atom. The highest BCUT2D eigenvalue weighted by molar-refractivity contribution is 7.00. The Morgan fingerprint density at radius 2 is 2.22 bits per heavy atom. The quantitative estimate of drug-likeness (QED) is 0.828. The van der Waals surface area contributed by atoms with Gasteiger partial charge < -0.3 is 10.4 Å². The number of hydrogen-bond acceptors (Lipinski definition) is 5. The Bertz CT molecular complexity index is 558. The van der Waals surface area contributed by atoms with Crippen LogP contribution in [0.1, 0.15) is 19.3 Å². The van der Waals surface area contributed by atoms with Crippen LogP contribution in [0.5, 0.6) is 0 Å². The predicted octanol–water partition coefficient (Wildman–Crippen LogP) is 2.45. The molecule has 0 fully saturated rings. The number of unbranched alkanes of at least 4 members (excludes halogenated alkanes) is 1. The fraction of sp³-hybridized carbons (Fsp3) is 0.364. The zero-order valence-electron chi connectivity index (χ0n) is 9.52. The van der Waals surface area contributed by atoms with Gasteiger partial charge >= 0.3 is 0 Å². The molecule has 0 saturated carbocycles. The maximum Gasteiger partial charge on any atom is 0.224 e. The molecule has 1 aromatic carbocycles. The number of aliphatic hydroxyl groups is 1. The molecule has 1 amide bonds. The molecule has 0 saturated heterocycles. The highest BCUT2D eigenvalue weighted by Crippen LogP contribution is 2.30. The van der Waals surface area contributed by atoms with Crippen molar-refractivity contribution in [1.29, 1.82) is 0 Å². The Morgan fingerprint density at radius 1 is 1.39 bits per heavy atom. The van der Waals surface area contributed by atoms with Gasteiger partial charge in [0.25, 0.3) is 0 Å². The van der Waals surface area contributed by atoms with Crippen LogP contribution in [-0.4, -0.2) is 26.4 Å². The lowest BCUT2D eigenvalue weighted by molar-refractivity contribution is -0.116. The number of aliphatic hydroxyl groups excluding tert-OH is 1. The third-order valence-electron chi connectivity index (χ3n) is 2.45. The SMILES string of the molecule is O=C(CCCCO)Nc1c(Cl)ccc2nsnc12. The lowest BCUT2D eigenvalue weighted by atomic mass is 10.2. The van der Waals surface area contributed by atoms with Crippen molar-refractivity contribution in [2.75, 3.05) is 11.9 Å². The molecule has 96 valence electrons. The highest BCUT2D eigenvalue weighted by atomic mass is 35.5. The number of rotatable bonds is 5. The Kier molecular flexibility index (Phi) is 4.46. The van der Waals surface area contributed by atoms with E-state index >= 15 is 0 Å². The first-order valence-corrected chi connectivity index (χ1v) is 6.64. The molecule has 1 heterocycles. The number of halogens is 1. The molecule has 0 unspecified atom stereocenters. The number of hydrogen-bond donors (Lipinski definition) is 2. The molecule has 0 aliphatic carbocycles. The van der Waals surface area contributed by atoms with E-state index in [1.165, 1.54) is 0 Å². The third kappa shape index (κ3) is 2.95. The Hall–Kier alpha value is -1.24. The fourth-order valence-corrected chi connectivity index (χ4v) is 2.29. The molecule has 18 heavy (non-hydrogen) atoms. The standard InChI is InChI=1S/C11H12ClN3O2S/c12-7-4-5-8-11(15-18-14-8)10(7)13-9(17)3-1-2-6-16/h4-5,16H,1-3,6H2,(H,13,17). The second-order valence-electron chi connectivity index (χ2n) is 3.78. The van der Waals surface area contributed by atoms with E-state index in [2.05, 4.69) is 14.1 Å². The number of anilines is 1. The highest BCUT2D eigenvalue weighted by Gasteiger charge is 2.12. The lowest BCUT2D eigenvalue weighted by Gasteiger charge is -2.07. The molecule has 2 N–H and O–H groups in total. The first-order chi connectivity index (χ1) is 8.72. The summed E-state index contributed by atoms with van der Waals surface area (Å²) in [6.07, 6.45) is 1.61. The fourth-order valence-electron chi connectivity index (χ4n) is 1.55. The molecule has 7 heteroatoms. The minimum absolute atomic E-state index is 0.0968. The van der Waals surface area contributed by atoms with Crippen molar-refractivity contribution in [3.05, 3.63) is 17.2 Å². The molecule has 0 spiro atoms. The van der Waals surface area contributed by atoms with Crippen molar-refractivity contribution in [3.63, 3.8) is 0 Å². The second-order valence-corrected chi connectivity index (χ2v) is 4.72. The lowest BCUT2D eigenvalue weighted by Crippen LogP contribution is -2.12. The molecule has 0 atom stereocenters. The minimum Gasteiger partial charge on any atom is -0.396 e. The van der Waals surface area contributed by atoms with E-state index in [-0.39, 0.29) is 12.5 Å². The normalized spacial score (nSPS) is 10.8. The number of nitrogens with one attached hydrogen (secondary N) is 1. The van der Waals surface area contributed by atoms with Crippen LogP contribution in [-0.2, 0) is 4.79 Å². The van der Waals surface area contributed by atoms with Crippen molar-refractivity contribution < 1.29 is 9.90 Å². The average Bonchev–Trinajstić information content (AvgIpc) is 2.82. The molecule has 2 rings (SSSR count). The monoisotopic (exact) mass is 285 g/mol. The van der Waals surface area contributed by atoms with Crippen LogP contribution < -0.4 is 5.32 Å². The van der Waals surface area contributed by atoms with E-state index in [9.17, 15) is 4.79 Å². The summed E-state index contributed by atoms with van der Waals surface area (Å²) in [7, 11) is 0. The number of carbonyl (C=O) groups is 1. The second kappa shape index (κ2) is 6.08. The van der Waals surface area contributed by atoms with E-state index in [0.29, 0.717) is 35.5 Å². The smallest absolute Gasteiger partial charge is 0.224 e. The van der Waals surface area contributed by atoms with Gasteiger partial charge in [-0.3, -0.25) is 4.79 Å². The van der Waals surface area contributed by atoms with Gasteiger partial charge in [0.15, 0.2) is 0 Å². The van der Waals surface area contributed by atoms with Gasteiger partial charge in [-0.05, 0) is 25.0 Å². The summed E-state index contributed by atoms with van der Waals surface area (Å²) in [6, 6.07) is 3.46. The van der Waals surface area contributed by atoms with E-state index in [0.717, 1.165) is 17.2 Å². The largest absolute Gasteiger partial charge is 0.396 e. The van der Waals surface area contributed by atoms with Gasteiger partial charge in [0, 0.05) is 13.0 Å². The van der Waals surface area contributed by atoms with Crippen LogP contribution in [0.2, 0.25) is 5.02 Å². The van der Waals surface area contributed by atoms with Crippen molar-refractivity contribution in [1.82, 2.24) is 8.75 Å².